The molecule has 1 nitrogen and oxygen atoms in total. The molecule has 0 atom stereocenters. The quantitative estimate of drug-likeness (QED) is 0.377. The van der Waals surface area contributed by atoms with E-state index in [-0.39, 0.29) is 0 Å². The number of Topliss-reactive ketones (excluding diaryl/α,β-unsaturated/α-hetero) is 1. The molecule has 0 bridgehead atoms. The second kappa shape index (κ2) is 9.74. The van der Waals surface area contributed by atoms with Crippen LogP contribution < -0.4 is 0 Å². The minimum Gasteiger partial charge on any atom is -0.294 e. The van der Waals surface area contributed by atoms with Gasteiger partial charge in [-0.15, -0.1) is 0 Å². The molecule has 0 spiro atoms. The van der Waals surface area contributed by atoms with Gasteiger partial charge in [-0.1, -0.05) is 70.1 Å². The molecule has 0 N–H and O–H groups in total. The summed E-state index contributed by atoms with van der Waals surface area (Å²) in [7, 11) is 0. The summed E-state index contributed by atoms with van der Waals surface area (Å²) >= 11 is 0. The second-order valence-corrected chi connectivity index (χ2v) is 5.90. The maximum atomic E-state index is 12.2. The van der Waals surface area contributed by atoms with E-state index in [1.807, 2.05) is 12.1 Å². The van der Waals surface area contributed by atoms with Crippen LogP contribution >= 0.6 is 0 Å². The van der Waals surface area contributed by atoms with E-state index >= 15 is 0 Å². The van der Waals surface area contributed by atoms with Gasteiger partial charge in [0.15, 0.2) is 5.78 Å². The number of rotatable bonds is 10. The van der Waals surface area contributed by atoms with E-state index in [0.717, 1.165) is 17.5 Å². The third-order valence-corrected chi connectivity index (χ3v) is 4.16. The van der Waals surface area contributed by atoms with Crippen molar-refractivity contribution in [1.82, 2.24) is 0 Å². The highest BCUT2D eigenvalue weighted by Crippen LogP contribution is 2.17. The molecule has 0 aliphatic carbocycles. The molecule has 0 heterocycles. The lowest BCUT2D eigenvalue weighted by molar-refractivity contribution is 0.0978. The van der Waals surface area contributed by atoms with Gasteiger partial charge in [0.25, 0.3) is 0 Å². The first kappa shape index (κ1) is 16.9. The Morgan fingerprint density at radius 2 is 1.50 bits per heavy atom. The predicted molar refractivity (Wildman–Crippen MR) is 87.5 cm³/mol. The number of ketones is 1. The third kappa shape index (κ3) is 5.90. The molecule has 0 aliphatic rings. The van der Waals surface area contributed by atoms with Crippen LogP contribution in [0.3, 0.4) is 0 Å². The van der Waals surface area contributed by atoms with Crippen molar-refractivity contribution >= 4 is 5.78 Å². The first-order chi connectivity index (χ1) is 9.66. The molecule has 0 radical (unpaired) electrons. The van der Waals surface area contributed by atoms with Gasteiger partial charge in [-0.25, -0.2) is 0 Å². The number of carbonyl (C=O) groups is 1. The van der Waals surface area contributed by atoms with Gasteiger partial charge in [0.2, 0.25) is 0 Å². The van der Waals surface area contributed by atoms with Gasteiger partial charge in [-0.05, 0) is 31.4 Å². The molecule has 0 aliphatic heterocycles. The average Bonchev–Trinajstić information content (AvgIpc) is 2.44. The maximum absolute atomic E-state index is 12.2. The molecular weight excluding hydrogens is 244 g/mol. The molecule has 0 saturated heterocycles. The summed E-state index contributed by atoms with van der Waals surface area (Å²) in [5.41, 5.74) is 3.29. The Labute approximate surface area is 124 Å². The second-order valence-electron chi connectivity index (χ2n) is 5.90. The van der Waals surface area contributed by atoms with E-state index in [1.54, 1.807) is 0 Å². The van der Waals surface area contributed by atoms with Gasteiger partial charge in [0, 0.05) is 12.0 Å². The smallest absolute Gasteiger partial charge is 0.163 e. The lowest BCUT2D eigenvalue weighted by Crippen LogP contribution is -2.02. The molecule has 0 fully saturated rings. The van der Waals surface area contributed by atoms with Crippen molar-refractivity contribution in [2.75, 3.05) is 0 Å². The summed E-state index contributed by atoms with van der Waals surface area (Å²) in [6.07, 6.45) is 11.0. The minimum atomic E-state index is 0.317. The van der Waals surface area contributed by atoms with Gasteiger partial charge < -0.3 is 0 Å². The van der Waals surface area contributed by atoms with Gasteiger partial charge in [-0.2, -0.15) is 0 Å². The lowest BCUT2D eigenvalue weighted by Gasteiger charge is -2.07. The normalized spacial score (nSPS) is 10.8. The van der Waals surface area contributed by atoms with Gasteiger partial charge in [0.1, 0.15) is 0 Å². The van der Waals surface area contributed by atoms with E-state index in [1.165, 1.54) is 50.5 Å². The Bertz CT molecular complexity index is 406. The van der Waals surface area contributed by atoms with E-state index in [0.29, 0.717) is 12.2 Å². The first-order valence-electron chi connectivity index (χ1n) is 8.26. The van der Waals surface area contributed by atoms with Crippen LogP contribution in [0.15, 0.2) is 18.2 Å². The van der Waals surface area contributed by atoms with E-state index in [2.05, 4.69) is 26.8 Å². The molecular formula is C19H30O. The molecule has 1 rings (SSSR count). The van der Waals surface area contributed by atoms with Gasteiger partial charge in [-0.3, -0.25) is 4.79 Å². The van der Waals surface area contributed by atoms with Crippen LogP contribution in [-0.4, -0.2) is 5.78 Å². The van der Waals surface area contributed by atoms with E-state index in [9.17, 15) is 4.79 Å². The van der Waals surface area contributed by atoms with Crippen LogP contribution in [0.1, 0.15) is 86.2 Å². The van der Waals surface area contributed by atoms with Crippen LogP contribution in [0.2, 0.25) is 0 Å². The van der Waals surface area contributed by atoms with Crippen molar-refractivity contribution in [3.05, 3.63) is 34.9 Å². The number of aryl methyl sites for hydroxylation is 1. The zero-order valence-electron chi connectivity index (χ0n) is 13.5. The highest BCUT2D eigenvalue weighted by Gasteiger charge is 2.09. The van der Waals surface area contributed by atoms with Gasteiger partial charge >= 0.3 is 0 Å². The number of carbonyl (C=O) groups excluding carboxylic acids is 1. The molecule has 112 valence electrons. The first-order valence-corrected chi connectivity index (χ1v) is 8.26. The van der Waals surface area contributed by atoms with E-state index < -0.39 is 0 Å². The van der Waals surface area contributed by atoms with Crippen LogP contribution in [0.25, 0.3) is 0 Å². The van der Waals surface area contributed by atoms with Crippen LogP contribution in [0.4, 0.5) is 0 Å². The fourth-order valence-electron chi connectivity index (χ4n) is 2.61. The Hall–Kier alpha value is -1.11. The summed E-state index contributed by atoms with van der Waals surface area (Å²) in [5, 5.41) is 0. The Balaban J connectivity index is 2.19. The minimum absolute atomic E-state index is 0.317. The SMILES string of the molecule is CCCCCCCCCCC(=O)c1cccc(C)c1C. The zero-order chi connectivity index (χ0) is 14.8. The fraction of sp³-hybridized carbons (Fsp3) is 0.632. The number of hydrogen-bond donors (Lipinski definition) is 0. The van der Waals surface area contributed by atoms with Crippen LogP contribution in [0, 0.1) is 13.8 Å². The van der Waals surface area contributed by atoms with E-state index in [4.69, 9.17) is 0 Å². The topological polar surface area (TPSA) is 17.1 Å². The van der Waals surface area contributed by atoms with Crippen molar-refractivity contribution in [2.45, 2.75) is 78.6 Å². The number of benzene rings is 1. The highest BCUT2D eigenvalue weighted by atomic mass is 16.1. The molecule has 1 aromatic rings. The van der Waals surface area contributed by atoms with Crippen LogP contribution in [0.5, 0.6) is 0 Å². The highest BCUT2D eigenvalue weighted by molar-refractivity contribution is 5.97. The monoisotopic (exact) mass is 274 g/mol. The Morgan fingerprint density at radius 3 is 2.15 bits per heavy atom. The number of unbranched alkanes of at least 4 members (excludes halogenated alkanes) is 7. The summed E-state index contributed by atoms with van der Waals surface area (Å²) in [6, 6.07) is 6.03. The Kier molecular flexibility index (Phi) is 8.25. The predicted octanol–water partition coefficient (Wildman–Crippen LogP) is 6.02. The Morgan fingerprint density at radius 1 is 0.900 bits per heavy atom. The third-order valence-electron chi connectivity index (χ3n) is 4.16. The van der Waals surface area contributed by atoms with Crippen molar-refractivity contribution in [3.63, 3.8) is 0 Å². The van der Waals surface area contributed by atoms with Gasteiger partial charge in [0.05, 0.1) is 0 Å². The van der Waals surface area contributed by atoms with Crippen molar-refractivity contribution in [3.8, 4) is 0 Å². The maximum Gasteiger partial charge on any atom is 0.163 e. The molecule has 0 saturated carbocycles. The molecule has 1 heteroatoms. The zero-order valence-corrected chi connectivity index (χ0v) is 13.5. The largest absolute Gasteiger partial charge is 0.294 e. The molecule has 20 heavy (non-hydrogen) atoms. The fourth-order valence-corrected chi connectivity index (χ4v) is 2.61. The molecule has 0 unspecified atom stereocenters. The summed E-state index contributed by atoms with van der Waals surface area (Å²) in [5.74, 6) is 0.317. The standard InChI is InChI=1S/C19H30O/c1-4-5-6-7-8-9-10-11-15-19(20)18-14-12-13-16(2)17(18)3/h12-14H,4-11,15H2,1-3H3. The van der Waals surface area contributed by atoms with Crippen LogP contribution in [-0.2, 0) is 0 Å². The molecule has 0 amide bonds. The summed E-state index contributed by atoms with van der Waals surface area (Å²) in [6.45, 7) is 6.37. The lowest BCUT2D eigenvalue weighted by atomic mass is 9.97. The molecule has 1 aromatic carbocycles. The number of hydrogen-bond acceptors (Lipinski definition) is 1. The summed E-state index contributed by atoms with van der Waals surface area (Å²) < 4.78 is 0. The van der Waals surface area contributed by atoms with Crippen molar-refractivity contribution in [1.29, 1.82) is 0 Å². The summed E-state index contributed by atoms with van der Waals surface area (Å²) in [4.78, 5) is 12.2. The molecule has 0 aromatic heterocycles. The van der Waals surface area contributed by atoms with Crippen molar-refractivity contribution in [2.24, 2.45) is 0 Å². The average molecular weight is 274 g/mol. The van der Waals surface area contributed by atoms with Crippen molar-refractivity contribution < 1.29 is 4.79 Å².